The number of halogens is 1. The number of nitrogens with two attached hydrogens (primary N) is 1. The lowest BCUT2D eigenvalue weighted by Crippen LogP contribution is -2.57. The lowest BCUT2D eigenvalue weighted by atomic mass is 9.76. The number of hydrogen-bond donors (Lipinski definition) is 3. The van der Waals surface area contributed by atoms with Crippen LogP contribution in [0.2, 0.25) is 5.02 Å². The molecule has 3 heterocycles. The second-order valence-corrected chi connectivity index (χ2v) is 14.6. The van der Waals surface area contributed by atoms with Crippen LogP contribution in [-0.2, 0) is 19.6 Å². The van der Waals surface area contributed by atoms with E-state index in [1.165, 1.54) is 0 Å². The number of carbonyl (C=O) groups is 1. The smallest absolute Gasteiger partial charge is 0.237 e. The van der Waals surface area contributed by atoms with Crippen LogP contribution in [-0.4, -0.2) is 74.9 Å². The molecule has 2 bridgehead atoms. The topological polar surface area (TPSA) is 114 Å². The first kappa shape index (κ1) is 29.3. The number of carbonyl (C=O) groups excluding carboxylic acids is 1. The molecule has 4 N–H and O–H groups in total. The van der Waals surface area contributed by atoms with Crippen LogP contribution in [0.4, 0.5) is 0 Å². The molecule has 4 aliphatic rings. The van der Waals surface area contributed by atoms with Gasteiger partial charge in [0.1, 0.15) is 0 Å². The Labute approximate surface area is 238 Å². The maximum Gasteiger partial charge on any atom is 0.237 e. The van der Waals surface area contributed by atoms with E-state index in [0.29, 0.717) is 37.2 Å². The summed E-state index contributed by atoms with van der Waals surface area (Å²) in [6.45, 7) is 2.69. The molecule has 0 spiro atoms. The molecule has 1 aromatic carbocycles. The average molecular weight is 581 g/mol. The molecule has 0 aromatic heterocycles. The van der Waals surface area contributed by atoms with Crippen molar-refractivity contribution in [1.82, 2.24) is 14.9 Å². The number of nitrogens with zero attached hydrogens (tertiary/aromatic N) is 1. The Morgan fingerprint density at radius 1 is 1.08 bits per heavy atom. The monoisotopic (exact) mass is 580 g/mol. The van der Waals surface area contributed by atoms with Gasteiger partial charge in [-0.1, -0.05) is 36.6 Å². The fourth-order valence-corrected chi connectivity index (χ4v) is 9.30. The number of sulfonamides is 1. The minimum atomic E-state index is -3.20. The van der Waals surface area contributed by atoms with Crippen molar-refractivity contribution in [1.29, 1.82) is 0 Å². The van der Waals surface area contributed by atoms with Gasteiger partial charge >= 0.3 is 0 Å². The first-order chi connectivity index (χ1) is 18.8. The Hall–Kier alpha value is -1.23. The third-order valence-corrected chi connectivity index (χ3v) is 11.8. The maximum absolute atomic E-state index is 13.7. The Balaban J connectivity index is 1.24. The minimum absolute atomic E-state index is 0.00677. The maximum atomic E-state index is 13.7. The molecule has 0 radical (unpaired) electrons. The van der Waals surface area contributed by atoms with Gasteiger partial charge in [0.05, 0.1) is 11.8 Å². The van der Waals surface area contributed by atoms with Crippen molar-refractivity contribution in [3.63, 3.8) is 0 Å². The van der Waals surface area contributed by atoms with E-state index >= 15 is 0 Å². The van der Waals surface area contributed by atoms with E-state index in [2.05, 4.69) is 10.6 Å². The van der Waals surface area contributed by atoms with Crippen molar-refractivity contribution in [2.24, 2.45) is 17.6 Å². The lowest BCUT2D eigenvalue weighted by molar-refractivity contribution is -0.124. The van der Waals surface area contributed by atoms with E-state index in [-0.39, 0.29) is 41.6 Å². The molecule has 2 unspecified atom stereocenters. The highest BCUT2D eigenvalue weighted by molar-refractivity contribution is 7.89. The van der Waals surface area contributed by atoms with Crippen LogP contribution in [0, 0.1) is 11.8 Å². The number of nitrogens with one attached hydrogen (secondary N) is 2. The van der Waals surface area contributed by atoms with Crippen molar-refractivity contribution in [2.45, 2.75) is 94.3 Å². The van der Waals surface area contributed by atoms with Crippen molar-refractivity contribution in [3.8, 4) is 0 Å². The number of fused-ring (bicyclic) bond motifs is 2. The van der Waals surface area contributed by atoms with Gasteiger partial charge in [0.15, 0.2) is 0 Å². The van der Waals surface area contributed by atoms with Gasteiger partial charge in [-0.25, -0.2) is 8.42 Å². The Morgan fingerprint density at radius 3 is 2.59 bits per heavy atom. The van der Waals surface area contributed by atoms with Gasteiger partial charge in [0.25, 0.3) is 0 Å². The molecule has 218 valence electrons. The van der Waals surface area contributed by atoms with Crippen molar-refractivity contribution < 1.29 is 17.9 Å². The third kappa shape index (κ3) is 7.16. The van der Waals surface area contributed by atoms with E-state index in [4.69, 9.17) is 22.1 Å². The zero-order valence-corrected chi connectivity index (χ0v) is 24.5. The summed E-state index contributed by atoms with van der Waals surface area (Å²) in [5, 5.41) is 7.61. The number of piperazine rings is 1. The molecule has 7 atom stereocenters. The summed E-state index contributed by atoms with van der Waals surface area (Å²) >= 11 is 6.16. The van der Waals surface area contributed by atoms with Gasteiger partial charge in [-0.05, 0) is 80.9 Å². The van der Waals surface area contributed by atoms with Gasteiger partial charge in [-0.2, -0.15) is 4.31 Å². The van der Waals surface area contributed by atoms with E-state index in [1.807, 2.05) is 24.3 Å². The quantitative estimate of drug-likeness (QED) is 0.434. The number of ether oxygens (including phenoxy) is 1. The molecule has 3 saturated heterocycles. The van der Waals surface area contributed by atoms with Crippen molar-refractivity contribution >= 4 is 27.5 Å². The van der Waals surface area contributed by atoms with Gasteiger partial charge < -0.3 is 21.1 Å². The van der Waals surface area contributed by atoms with Crippen LogP contribution in [0.1, 0.15) is 75.7 Å². The van der Waals surface area contributed by atoms with Crippen LogP contribution in [0.25, 0.3) is 0 Å². The summed E-state index contributed by atoms with van der Waals surface area (Å²) in [6, 6.07) is 7.42. The van der Waals surface area contributed by atoms with E-state index < -0.39 is 16.1 Å². The molecular formula is C29H45ClN4O4S. The first-order valence-electron chi connectivity index (χ1n) is 14.9. The second kappa shape index (κ2) is 13.2. The van der Waals surface area contributed by atoms with E-state index in [9.17, 15) is 13.2 Å². The van der Waals surface area contributed by atoms with Gasteiger partial charge in [0.2, 0.25) is 15.9 Å². The molecule has 1 amide bonds. The van der Waals surface area contributed by atoms with Crippen LogP contribution in [0.15, 0.2) is 24.3 Å². The number of benzene rings is 1. The Morgan fingerprint density at radius 2 is 1.82 bits per heavy atom. The van der Waals surface area contributed by atoms with Crippen LogP contribution in [0.3, 0.4) is 0 Å². The van der Waals surface area contributed by atoms with Gasteiger partial charge in [-0.15, -0.1) is 0 Å². The normalized spacial score (nSPS) is 33.0. The fourth-order valence-electron chi connectivity index (χ4n) is 7.37. The number of amides is 1. The summed E-state index contributed by atoms with van der Waals surface area (Å²) in [7, 11) is -3.20. The standard InChI is InChI=1S/C29H45ClN4O4S/c30-23-10-7-21(8-11-23)27(22-13-15-38-16-14-22)28(31)29(35)33-26-6-2-1-4-20(26)9-12-25-18-32-24-5-3-17-39(36,37)34(25)19-24/h7-8,10-11,20,22,24-28,32H,1-6,9,12-19,31H2,(H,33,35)/t20-,24-,25+,26+,27?,28+/m1/s1. The minimum Gasteiger partial charge on any atom is -0.381 e. The number of rotatable bonds is 8. The van der Waals surface area contributed by atoms with Crippen LogP contribution >= 0.6 is 11.6 Å². The summed E-state index contributed by atoms with van der Waals surface area (Å²) < 4.78 is 33.2. The fraction of sp³-hybridized carbons (Fsp3) is 0.759. The highest BCUT2D eigenvalue weighted by Crippen LogP contribution is 2.36. The number of hydrogen-bond acceptors (Lipinski definition) is 6. The Kier molecular flexibility index (Phi) is 9.88. The van der Waals surface area contributed by atoms with Crippen molar-refractivity contribution in [3.05, 3.63) is 34.9 Å². The SMILES string of the molecule is N[C@H](C(=O)N[C@H]1CCCC[C@@H]1CC[C@H]1CN[C@@H]2CCCS(=O)(=O)N1C2)C(c1ccc(Cl)cc1)C1CCOCC1. The molecule has 39 heavy (non-hydrogen) atoms. The largest absolute Gasteiger partial charge is 0.381 e. The molecule has 4 fully saturated rings. The summed E-state index contributed by atoms with van der Waals surface area (Å²) in [5.41, 5.74) is 7.80. The predicted octanol–water partition coefficient (Wildman–Crippen LogP) is 3.40. The van der Waals surface area contributed by atoms with Gasteiger partial charge in [0, 0.05) is 55.4 Å². The van der Waals surface area contributed by atoms with Crippen molar-refractivity contribution in [2.75, 3.05) is 32.1 Å². The predicted molar refractivity (Wildman–Crippen MR) is 154 cm³/mol. The highest BCUT2D eigenvalue weighted by Gasteiger charge is 2.39. The zero-order valence-electron chi connectivity index (χ0n) is 22.9. The molecular weight excluding hydrogens is 536 g/mol. The summed E-state index contributed by atoms with van der Waals surface area (Å²) in [4.78, 5) is 13.7. The second-order valence-electron chi connectivity index (χ2n) is 12.1. The average Bonchev–Trinajstić information content (AvgIpc) is 3.06. The molecule has 3 aliphatic heterocycles. The molecule has 1 aliphatic carbocycles. The molecule has 5 rings (SSSR count). The molecule has 1 saturated carbocycles. The summed E-state index contributed by atoms with van der Waals surface area (Å²) in [6.07, 6.45) is 9.37. The molecule has 10 heteroatoms. The van der Waals surface area contributed by atoms with E-state index in [1.54, 1.807) is 4.31 Å². The molecule has 1 aromatic rings. The Bertz CT molecular complexity index is 1070. The first-order valence-corrected chi connectivity index (χ1v) is 16.9. The van der Waals surface area contributed by atoms with E-state index in [0.717, 1.165) is 69.8 Å². The van der Waals surface area contributed by atoms with Crippen LogP contribution in [0.5, 0.6) is 0 Å². The lowest BCUT2D eigenvalue weighted by Gasteiger charge is -2.40. The van der Waals surface area contributed by atoms with Crippen LogP contribution < -0.4 is 16.4 Å². The third-order valence-electron chi connectivity index (χ3n) is 9.59. The van der Waals surface area contributed by atoms with Gasteiger partial charge in [-0.3, -0.25) is 4.79 Å². The zero-order chi connectivity index (χ0) is 27.4. The summed E-state index contributed by atoms with van der Waals surface area (Å²) in [5.74, 6) is 0.683. The molecule has 8 nitrogen and oxygen atoms in total. The highest BCUT2D eigenvalue weighted by atomic mass is 35.5.